The van der Waals surface area contributed by atoms with E-state index in [4.69, 9.17) is 9.47 Å². The van der Waals surface area contributed by atoms with Crippen LogP contribution in [0.2, 0.25) is 0 Å². The van der Waals surface area contributed by atoms with Crippen LogP contribution in [0.15, 0.2) is 34.9 Å². The third-order valence-corrected chi connectivity index (χ3v) is 5.12. The fraction of sp³-hybridized carbons (Fsp3) is 0.684. The first-order valence-electron chi connectivity index (χ1n) is 8.26. The van der Waals surface area contributed by atoms with Crippen LogP contribution in [0, 0.1) is 11.3 Å². The molecule has 0 amide bonds. The second kappa shape index (κ2) is 6.93. The van der Waals surface area contributed by atoms with Gasteiger partial charge in [0, 0.05) is 5.41 Å². The lowest BCUT2D eigenvalue weighted by molar-refractivity contribution is -0.220. The lowest BCUT2D eigenvalue weighted by Gasteiger charge is -2.42. The van der Waals surface area contributed by atoms with E-state index < -0.39 is 0 Å². The SMILES string of the molecule is CC=CC1=C(C2OCC(C)(C(C)CC)CO2)CCC(C)=C1. The van der Waals surface area contributed by atoms with Crippen LogP contribution < -0.4 is 0 Å². The van der Waals surface area contributed by atoms with Crippen molar-refractivity contribution >= 4 is 0 Å². The molecule has 0 bridgehead atoms. The Morgan fingerprint density at radius 2 is 2.00 bits per heavy atom. The molecule has 0 aromatic carbocycles. The Morgan fingerprint density at radius 3 is 2.57 bits per heavy atom. The molecular formula is C19H30O2. The van der Waals surface area contributed by atoms with Gasteiger partial charge in [-0.2, -0.15) is 0 Å². The zero-order valence-electron chi connectivity index (χ0n) is 14.2. The van der Waals surface area contributed by atoms with E-state index in [-0.39, 0.29) is 11.7 Å². The van der Waals surface area contributed by atoms with Crippen LogP contribution in [0.3, 0.4) is 0 Å². The van der Waals surface area contributed by atoms with E-state index in [2.05, 4.69) is 52.8 Å². The van der Waals surface area contributed by atoms with E-state index in [1.54, 1.807) is 0 Å². The monoisotopic (exact) mass is 290 g/mol. The van der Waals surface area contributed by atoms with Gasteiger partial charge in [-0.1, -0.05) is 51.0 Å². The molecule has 1 fully saturated rings. The third kappa shape index (κ3) is 3.67. The topological polar surface area (TPSA) is 18.5 Å². The summed E-state index contributed by atoms with van der Waals surface area (Å²) in [6.45, 7) is 12.7. The molecule has 0 aromatic rings. The molecule has 0 saturated carbocycles. The Hall–Kier alpha value is -0.860. The fourth-order valence-electron chi connectivity index (χ4n) is 3.10. The molecule has 1 unspecified atom stereocenters. The van der Waals surface area contributed by atoms with Gasteiger partial charge >= 0.3 is 0 Å². The molecule has 1 aliphatic carbocycles. The molecule has 0 aromatic heterocycles. The maximum Gasteiger partial charge on any atom is 0.180 e. The quantitative estimate of drug-likeness (QED) is 0.723. The summed E-state index contributed by atoms with van der Waals surface area (Å²) >= 11 is 0. The van der Waals surface area contributed by atoms with E-state index in [1.807, 2.05) is 0 Å². The minimum atomic E-state index is -0.155. The molecule has 1 heterocycles. The molecule has 1 saturated heterocycles. The number of hydrogen-bond donors (Lipinski definition) is 0. The molecule has 2 nitrogen and oxygen atoms in total. The smallest absolute Gasteiger partial charge is 0.180 e. The Labute approximate surface area is 129 Å². The summed E-state index contributed by atoms with van der Waals surface area (Å²) < 4.78 is 12.2. The minimum absolute atomic E-state index is 0.146. The molecule has 2 heteroatoms. The second-order valence-electron chi connectivity index (χ2n) is 6.89. The van der Waals surface area contributed by atoms with Gasteiger partial charge in [-0.15, -0.1) is 0 Å². The van der Waals surface area contributed by atoms with Gasteiger partial charge < -0.3 is 9.47 Å². The first-order chi connectivity index (χ1) is 10.00. The van der Waals surface area contributed by atoms with Gasteiger partial charge in [0.15, 0.2) is 6.29 Å². The van der Waals surface area contributed by atoms with E-state index in [0.29, 0.717) is 5.92 Å². The number of ether oxygens (including phenoxy) is 2. The van der Waals surface area contributed by atoms with Crippen molar-refractivity contribution in [3.8, 4) is 0 Å². The summed E-state index contributed by atoms with van der Waals surface area (Å²) in [6.07, 6.45) is 9.72. The normalized spacial score (nSPS) is 32.4. The molecule has 2 aliphatic rings. The van der Waals surface area contributed by atoms with Crippen molar-refractivity contribution in [2.24, 2.45) is 11.3 Å². The van der Waals surface area contributed by atoms with Crippen LogP contribution in [-0.4, -0.2) is 19.5 Å². The highest BCUT2D eigenvalue weighted by Gasteiger charge is 2.38. The summed E-state index contributed by atoms with van der Waals surface area (Å²) in [7, 11) is 0. The standard InChI is InChI=1S/C19H30O2/c1-6-8-16-11-14(3)9-10-17(16)18-20-12-19(5,13-21-18)15(4)7-2/h6,8,11,15,18H,7,9-10,12-13H2,1-5H3. The highest BCUT2D eigenvalue weighted by Crippen LogP contribution is 2.38. The molecule has 0 spiro atoms. The van der Waals surface area contributed by atoms with Gasteiger partial charge in [0.2, 0.25) is 0 Å². The molecule has 1 aliphatic heterocycles. The third-order valence-electron chi connectivity index (χ3n) is 5.12. The highest BCUT2D eigenvalue weighted by atomic mass is 16.7. The number of rotatable bonds is 4. The van der Waals surface area contributed by atoms with Gasteiger partial charge in [0.05, 0.1) is 13.2 Å². The van der Waals surface area contributed by atoms with Crippen LogP contribution in [-0.2, 0) is 9.47 Å². The van der Waals surface area contributed by atoms with E-state index >= 15 is 0 Å². The van der Waals surface area contributed by atoms with Crippen molar-refractivity contribution < 1.29 is 9.47 Å². The number of hydrogen-bond acceptors (Lipinski definition) is 2. The van der Waals surface area contributed by atoms with E-state index in [9.17, 15) is 0 Å². The highest BCUT2D eigenvalue weighted by molar-refractivity contribution is 5.41. The van der Waals surface area contributed by atoms with Gasteiger partial charge in [-0.25, -0.2) is 0 Å². The van der Waals surface area contributed by atoms with E-state index in [0.717, 1.165) is 26.1 Å². The van der Waals surface area contributed by atoms with Crippen molar-refractivity contribution in [3.05, 3.63) is 34.9 Å². The summed E-state index contributed by atoms with van der Waals surface area (Å²) in [6, 6.07) is 0. The van der Waals surface area contributed by atoms with Crippen LogP contribution in [0.25, 0.3) is 0 Å². The Bertz CT molecular complexity index is 448. The largest absolute Gasteiger partial charge is 0.348 e. The first kappa shape index (κ1) is 16.5. The van der Waals surface area contributed by atoms with Crippen molar-refractivity contribution in [1.29, 1.82) is 0 Å². The molecule has 21 heavy (non-hydrogen) atoms. The predicted molar refractivity (Wildman–Crippen MR) is 88.1 cm³/mol. The Morgan fingerprint density at radius 1 is 1.33 bits per heavy atom. The van der Waals surface area contributed by atoms with Crippen LogP contribution in [0.4, 0.5) is 0 Å². The summed E-state index contributed by atoms with van der Waals surface area (Å²) in [4.78, 5) is 0. The maximum atomic E-state index is 6.12. The lowest BCUT2D eigenvalue weighted by atomic mass is 9.77. The Kier molecular flexibility index (Phi) is 5.45. The zero-order chi connectivity index (χ0) is 15.5. The van der Waals surface area contributed by atoms with Gasteiger partial charge in [-0.05, 0) is 43.8 Å². The molecule has 118 valence electrons. The lowest BCUT2D eigenvalue weighted by Crippen LogP contribution is -2.44. The first-order valence-corrected chi connectivity index (χ1v) is 8.26. The van der Waals surface area contributed by atoms with Crippen LogP contribution in [0.5, 0.6) is 0 Å². The van der Waals surface area contributed by atoms with Crippen LogP contribution >= 0.6 is 0 Å². The Balaban J connectivity index is 2.12. The average Bonchev–Trinajstić information content (AvgIpc) is 2.48. The second-order valence-corrected chi connectivity index (χ2v) is 6.89. The van der Waals surface area contributed by atoms with Crippen molar-refractivity contribution in [2.45, 2.75) is 60.2 Å². The van der Waals surface area contributed by atoms with Gasteiger partial charge in [-0.3, -0.25) is 0 Å². The average molecular weight is 290 g/mol. The summed E-state index contributed by atoms with van der Waals surface area (Å²) in [5.74, 6) is 0.621. The number of allylic oxidation sites excluding steroid dienone is 5. The zero-order valence-corrected chi connectivity index (χ0v) is 14.2. The molecular weight excluding hydrogens is 260 g/mol. The fourth-order valence-corrected chi connectivity index (χ4v) is 3.10. The van der Waals surface area contributed by atoms with Crippen molar-refractivity contribution in [1.82, 2.24) is 0 Å². The van der Waals surface area contributed by atoms with Gasteiger partial charge in [0.25, 0.3) is 0 Å². The molecule has 0 radical (unpaired) electrons. The van der Waals surface area contributed by atoms with Crippen molar-refractivity contribution in [3.63, 3.8) is 0 Å². The minimum Gasteiger partial charge on any atom is -0.348 e. The molecule has 0 N–H and O–H groups in total. The molecule has 2 rings (SSSR count). The van der Waals surface area contributed by atoms with Crippen molar-refractivity contribution in [2.75, 3.05) is 13.2 Å². The maximum absolute atomic E-state index is 6.12. The van der Waals surface area contributed by atoms with E-state index in [1.165, 1.54) is 23.1 Å². The summed E-state index contributed by atoms with van der Waals surface area (Å²) in [5.41, 5.74) is 4.17. The molecule has 1 atom stereocenters. The summed E-state index contributed by atoms with van der Waals surface area (Å²) in [5, 5.41) is 0. The van der Waals surface area contributed by atoms with Crippen LogP contribution in [0.1, 0.15) is 53.9 Å². The van der Waals surface area contributed by atoms with Gasteiger partial charge in [0.1, 0.15) is 0 Å². The predicted octanol–water partition coefficient (Wildman–Crippen LogP) is 5.02.